The first-order valence-corrected chi connectivity index (χ1v) is 8.72. The number of nitrogens with one attached hydrogen (secondary N) is 3. The summed E-state index contributed by atoms with van der Waals surface area (Å²) in [5, 5.41) is 7.76. The number of imide groups is 1. The largest absolute Gasteiger partial charge is 0.353 e. The summed E-state index contributed by atoms with van der Waals surface area (Å²) in [6.45, 7) is 6.90. The molecule has 4 amide bonds. The summed E-state index contributed by atoms with van der Waals surface area (Å²) >= 11 is 0. The number of carbonyl (C=O) groups excluding carboxylic acids is 3. The fraction of sp³-hybridized carbons (Fsp3) is 0.824. The predicted molar refractivity (Wildman–Crippen MR) is 87.7 cm³/mol. The Bertz CT molecular complexity index is 468. The van der Waals surface area contributed by atoms with Crippen LogP contribution in [0.2, 0.25) is 0 Å². The number of urea groups is 1. The van der Waals surface area contributed by atoms with Gasteiger partial charge < -0.3 is 10.6 Å². The Morgan fingerprint density at radius 3 is 2.39 bits per heavy atom. The van der Waals surface area contributed by atoms with Gasteiger partial charge in [-0.15, -0.1) is 0 Å². The van der Waals surface area contributed by atoms with E-state index in [1.165, 1.54) is 6.42 Å². The van der Waals surface area contributed by atoms with Crippen LogP contribution in [0.25, 0.3) is 0 Å². The molecule has 2 rings (SSSR count). The van der Waals surface area contributed by atoms with E-state index in [9.17, 15) is 14.4 Å². The van der Waals surface area contributed by atoms with E-state index in [0.29, 0.717) is 11.8 Å². The molecule has 0 bridgehead atoms. The van der Waals surface area contributed by atoms with Gasteiger partial charge in [0.2, 0.25) is 5.91 Å². The molecule has 1 atom stereocenters. The highest BCUT2D eigenvalue weighted by Gasteiger charge is 2.33. The highest BCUT2D eigenvalue weighted by Crippen LogP contribution is 2.40. The zero-order chi connectivity index (χ0) is 17.0. The van der Waals surface area contributed by atoms with Crippen LogP contribution in [0.4, 0.5) is 4.79 Å². The summed E-state index contributed by atoms with van der Waals surface area (Å²) < 4.78 is 0. The summed E-state index contributed by atoms with van der Waals surface area (Å²) in [4.78, 5) is 34.5. The first-order valence-electron chi connectivity index (χ1n) is 8.72. The smallest absolute Gasteiger partial charge is 0.322 e. The van der Waals surface area contributed by atoms with Crippen LogP contribution in [0.1, 0.15) is 65.7 Å². The number of carbonyl (C=O) groups is 3. The van der Waals surface area contributed by atoms with Crippen LogP contribution >= 0.6 is 0 Å². The monoisotopic (exact) mass is 323 g/mol. The van der Waals surface area contributed by atoms with Crippen molar-refractivity contribution in [3.8, 4) is 0 Å². The molecule has 0 spiro atoms. The van der Waals surface area contributed by atoms with Gasteiger partial charge in [0.05, 0.1) is 0 Å². The van der Waals surface area contributed by atoms with E-state index in [1.807, 2.05) is 0 Å². The van der Waals surface area contributed by atoms with Crippen LogP contribution in [-0.2, 0) is 9.59 Å². The van der Waals surface area contributed by atoms with E-state index >= 15 is 0 Å². The normalized spacial score (nSPS) is 28.2. The lowest BCUT2D eigenvalue weighted by atomic mass is 9.69. The number of rotatable bonds is 6. The second-order valence-corrected chi connectivity index (χ2v) is 7.51. The fourth-order valence-electron chi connectivity index (χ4n) is 3.55. The molecule has 1 unspecified atom stereocenters. The molecule has 6 nitrogen and oxygen atoms in total. The molecule has 2 aliphatic rings. The van der Waals surface area contributed by atoms with E-state index in [1.54, 1.807) is 0 Å². The Morgan fingerprint density at radius 2 is 1.87 bits per heavy atom. The molecule has 1 aliphatic heterocycles. The molecular formula is C17H29N3O3. The molecule has 23 heavy (non-hydrogen) atoms. The van der Waals surface area contributed by atoms with E-state index in [2.05, 4.69) is 36.7 Å². The topological polar surface area (TPSA) is 87.3 Å². The second kappa shape index (κ2) is 7.32. The molecule has 130 valence electrons. The molecule has 1 aliphatic carbocycles. The zero-order valence-corrected chi connectivity index (χ0v) is 14.4. The third kappa shape index (κ3) is 4.69. The van der Waals surface area contributed by atoms with Crippen LogP contribution in [-0.4, -0.2) is 29.9 Å². The maximum absolute atomic E-state index is 12.0. The minimum Gasteiger partial charge on any atom is -0.353 e. The molecule has 3 N–H and O–H groups in total. The molecule has 2 fully saturated rings. The minimum absolute atomic E-state index is 0.0304. The second-order valence-electron chi connectivity index (χ2n) is 7.51. The van der Waals surface area contributed by atoms with Gasteiger partial charge in [0.1, 0.15) is 6.04 Å². The molecule has 0 aromatic carbocycles. The molecule has 1 saturated carbocycles. The fourth-order valence-corrected chi connectivity index (χ4v) is 3.55. The zero-order valence-electron chi connectivity index (χ0n) is 14.4. The van der Waals surface area contributed by atoms with Gasteiger partial charge >= 0.3 is 6.03 Å². The molecule has 6 heteroatoms. The molecule has 0 aromatic rings. The number of hydrogen-bond donors (Lipinski definition) is 3. The van der Waals surface area contributed by atoms with Crippen molar-refractivity contribution in [2.24, 2.45) is 11.3 Å². The van der Waals surface area contributed by atoms with Gasteiger partial charge in [-0.05, 0) is 43.4 Å². The van der Waals surface area contributed by atoms with E-state index in [4.69, 9.17) is 0 Å². The Hall–Kier alpha value is -1.59. The van der Waals surface area contributed by atoms with Crippen molar-refractivity contribution in [1.82, 2.24) is 16.0 Å². The van der Waals surface area contributed by atoms with Gasteiger partial charge in [0, 0.05) is 12.5 Å². The number of amides is 4. The lowest BCUT2D eigenvalue weighted by Crippen LogP contribution is -2.40. The van der Waals surface area contributed by atoms with Crippen molar-refractivity contribution in [1.29, 1.82) is 0 Å². The van der Waals surface area contributed by atoms with Crippen molar-refractivity contribution >= 4 is 17.8 Å². The van der Waals surface area contributed by atoms with Crippen molar-refractivity contribution < 1.29 is 14.4 Å². The standard InChI is InChI=1S/C17H29N3O3/c1-4-17(2,3)11-5-7-12(8-6-11)18-14(21)10-9-13-15(22)20-16(23)19-13/h11-13H,4-10H2,1-3H3,(H,18,21)(H2,19,20,22,23). The third-order valence-electron chi connectivity index (χ3n) is 5.63. The molecule has 0 aromatic heterocycles. The lowest BCUT2D eigenvalue weighted by molar-refractivity contribution is -0.123. The summed E-state index contributed by atoms with van der Waals surface area (Å²) in [5.41, 5.74) is 0.378. The van der Waals surface area contributed by atoms with Gasteiger partial charge in [-0.3, -0.25) is 14.9 Å². The van der Waals surface area contributed by atoms with Crippen LogP contribution in [0, 0.1) is 11.3 Å². The first-order chi connectivity index (χ1) is 10.8. The van der Waals surface area contributed by atoms with E-state index < -0.39 is 12.1 Å². The summed E-state index contributed by atoms with van der Waals surface area (Å²) in [6, 6.07) is -0.801. The average molecular weight is 323 g/mol. The summed E-state index contributed by atoms with van der Waals surface area (Å²) in [7, 11) is 0. The minimum atomic E-state index is -0.575. The van der Waals surface area contributed by atoms with Gasteiger partial charge in [0.25, 0.3) is 5.91 Å². The average Bonchev–Trinajstić information content (AvgIpc) is 2.83. The Kier molecular flexibility index (Phi) is 5.65. The van der Waals surface area contributed by atoms with Crippen LogP contribution in [0.5, 0.6) is 0 Å². The van der Waals surface area contributed by atoms with Crippen LogP contribution < -0.4 is 16.0 Å². The van der Waals surface area contributed by atoms with Crippen molar-refractivity contribution in [2.75, 3.05) is 0 Å². The Morgan fingerprint density at radius 1 is 1.22 bits per heavy atom. The quantitative estimate of drug-likeness (QED) is 0.654. The Labute approximate surface area is 138 Å². The van der Waals surface area contributed by atoms with Crippen LogP contribution in [0.15, 0.2) is 0 Å². The third-order valence-corrected chi connectivity index (χ3v) is 5.63. The number of hydrogen-bond acceptors (Lipinski definition) is 3. The lowest BCUT2D eigenvalue weighted by Gasteiger charge is -2.39. The SMILES string of the molecule is CCC(C)(C)C1CCC(NC(=O)CCC2NC(=O)NC2=O)CC1. The Balaban J connectivity index is 1.69. The van der Waals surface area contributed by atoms with Crippen LogP contribution in [0.3, 0.4) is 0 Å². The van der Waals surface area contributed by atoms with Gasteiger partial charge in [0.15, 0.2) is 0 Å². The highest BCUT2D eigenvalue weighted by atomic mass is 16.2. The maximum atomic E-state index is 12.0. The van der Waals surface area contributed by atoms with Crippen molar-refractivity contribution in [3.05, 3.63) is 0 Å². The maximum Gasteiger partial charge on any atom is 0.322 e. The molecule has 1 saturated heterocycles. The summed E-state index contributed by atoms with van der Waals surface area (Å²) in [5.74, 6) is 0.361. The molecule has 1 heterocycles. The van der Waals surface area contributed by atoms with Crippen molar-refractivity contribution in [2.45, 2.75) is 77.8 Å². The predicted octanol–water partition coefficient (Wildman–Crippen LogP) is 2.09. The van der Waals surface area contributed by atoms with E-state index in [-0.39, 0.29) is 24.3 Å². The highest BCUT2D eigenvalue weighted by molar-refractivity contribution is 6.04. The molecule has 0 radical (unpaired) electrons. The molecular weight excluding hydrogens is 294 g/mol. The first kappa shape index (κ1) is 17.8. The summed E-state index contributed by atoms with van der Waals surface area (Å²) in [6.07, 6.45) is 6.17. The van der Waals surface area contributed by atoms with Gasteiger partial charge in [-0.25, -0.2) is 4.79 Å². The van der Waals surface area contributed by atoms with Gasteiger partial charge in [-0.1, -0.05) is 27.2 Å². The van der Waals surface area contributed by atoms with Gasteiger partial charge in [-0.2, -0.15) is 0 Å². The van der Waals surface area contributed by atoms with Crippen molar-refractivity contribution in [3.63, 3.8) is 0 Å². The van der Waals surface area contributed by atoms with E-state index in [0.717, 1.165) is 31.6 Å².